The molecule has 0 saturated heterocycles. The summed E-state index contributed by atoms with van der Waals surface area (Å²) >= 11 is 2.02. The van der Waals surface area contributed by atoms with Crippen LogP contribution in [0.15, 0.2) is 273 Å². The van der Waals surface area contributed by atoms with E-state index in [1.54, 1.807) is 0 Å². The molecule has 304 valence electrons. The van der Waals surface area contributed by atoms with Crippen molar-refractivity contribution in [3.8, 4) is 0 Å². The molecule has 0 aromatic heterocycles. The molecular weight excluding hydrogens is 912 g/mol. The van der Waals surface area contributed by atoms with Gasteiger partial charge in [-0.05, 0) is 71.5 Å². The van der Waals surface area contributed by atoms with Gasteiger partial charge in [0.2, 0.25) is 0 Å². The Kier molecular flexibility index (Phi) is 21.2. The largest absolute Gasteiger partial charge is 0.0622 e. The average Bonchev–Trinajstić information content (AvgIpc) is 3.37. The van der Waals surface area contributed by atoms with Gasteiger partial charge in [-0.2, -0.15) is 0 Å². The van der Waals surface area contributed by atoms with Gasteiger partial charge < -0.3 is 0 Å². The minimum Gasteiger partial charge on any atom is -0.0622 e. The molecule has 7 heteroatoms. The van der Waals surface area contributed by atoms with E-state index in [1.165, 1.54) is 47.7 Å². The summed E-state index contributed by atoms with van der Waals surface area (Å²) < 4.78 is 0. The molecule has 0 amide bonds. The van der Waals surface area contributed by atoms with Gasteiger partial charge in [0.15, 0.2) is 0 Å². The summed E-state index contributed by atoms with van der Waals surface area (Å²) in [5.41, 5.74) is 0. The van der Waals surface area contributed by atoms with Gasteiger partial charge in [0.1, 0.15) is 0 Å². The molecule has 9 aromatic carbocycles. The molecule has 0 bridgehead atoms. The van der Waals surface area contributed by atoms with Gasteiger partial charge in [-0.1, -0.05) is 273 Å². The van der Waals surface area contributed by atoms with E-state index in [1.807, 2.05) is 17.3 Å². The monoisotopic (exact) mass is 956 g/mol. The minimum atomic E-state index is -0.446. The van der Waals surface area contributed by atoms with Gasteiger partial charge in [-0.3, -0.25) is 0 Å². The third-order valence-corrected chi connectivity index (χ3v) is 16.5. The molecule has 0 radical (unpaired) electrons. The fraction of sp³-hybridized carbons (Fsp3) is 0. The molecule has 9 rings (SSSR count). The minimum absolute atomic E-state index is 0.446. The van der Waals surface area contributed by atoms with Crippen molar-refractivity contribution in [2.24, 2.45) is 0 Å². The topological polar surface area (TPSA) is 34.1 Å². The van der Waals surface area contributed by atoms with Crippen LogP contribution in [0, 0.1) is 9.93 Å². The predicted octanol–water partition coefficient (Wildman–Crippen LogP) is 11.1. The Bertz CT molecular complexity index is 1900. The van der Waals surface area contributed by atoms with Gasteiger partial charge in [-0.25, -0.2) is 0 Å². The van der Waals surface area contributed by atoms with Gasteiger partial charge in [0, 0.05) is 9.93 Å². The van der Waals surface area contributed by atoms with Crippen LogP contribution in [0.3, 0.4) is 0 Å². The van der Waals surface area contributed by atoms with E-state index >= 15 is 0 Å². The Labute approximate surface area is 378 Å². The number of hydrogen-bond donors (Lipinski definition) is 0. The normalized spacial score (nSPS) is 10.1. The summed E-state index contributed by atoms with van der Waals surface area (Å²) in [4.78, 5) is 14.0. The molecule has 0 spiro atoms. The molecule has 0 aliphatic rings. The van der Waals surface area contributed by atoms with Crippen LogP contribution < -0.4 is 47.7 Å². The van der Waals surface area contributed by atoms with Crippen LogP contribution in [0.4, 0.5) is 0 Å². The SMILES string of the molecule is O=O.[Cl][Rh].c1ccc(P(c2ccccc2)c2ccccc2)cc1.c1ccc(P(c2ccccc2)c2ccccc2)cc1.c1ccc(P(c2ccccc2)c2ccccc2)cc1. The van der Waals surface area contributed by atoms with Crippen molar-refractivity contribution in [3.05, 3.63) is 283 Å². The smallest absolute Gasteiger partial charge is 0.0134 e. The first-order chi connectivity index (χ1) is 30.3. The first kappa shape index (κ1) is 46.8. The Morgan fingerprint density at radius 2 is 0.279 bits per heavy atom. The third-order valence-electron chi connectivity index (χ3n) is 9.13. The van der Waals surface area contributed by atoms with E-state index in [9.17, 15) is 0 Å². The van der Waals surface area contributed by atoms with Crippen molar-refractivity contribution in [3.63, 3.8) is 0 Å². The van der Waals surface area contributed by atoms with Crippen LogP contribution in [-0.2, 0) is 17.3 Å². The van der Waals surface area contributed by atoms with E-state index < -0.39 is 23.8 Å². The average molecular weight is 957 g/mol. The van der Waals surface area contributed by atoms with Crippen LogP contribution in [0.2, 0.25) is 0 Å². The molecule has 0 heterocycles. The van der Waals surface area contributed by atoms with Crippen LogP contribution in [-0.4, -0.2) is 0 Å². The van der Waals surface area contributed by atoms with Crippen molar-refractivity contribution in [2.75, 3.05) is 0 Å². The molecule has 9 aromatic rings. The number of halogens is 1. The zero-order valence-electron chi connectivity index (χ0n) is 33.4. The maximum Gasteiger partial charge on any atom is -0.0134 e. The van der Waals surface area contributed by atoms with Crippen LogP contribution in [0.25, 0.3) is 0 Å². The van der Waals surface area contributed by atoms with Crippen LogP contribution in [0.1, 0.15) is 0 Å². The van der Waals surface area contributed by atoms with E-state index in [2.05, 4.69) is 283 Å². The van der Waals surface area contributed by atoms with Crippen molar-refractivity contribution in [1.82, 2.24) is 0 Å². The molecule has 0 aliphatic carbocycles. The van der Waals surface area contributed by atoms with Crippen LogP contribution in [0.5, 0.6) is 0 Å². The molecule has 0 aliphatic heterocycles. The van der Waals surface area contributed by atoms with Crippen molar-refractivity contribution in [1.29, 1.82) is 0 Å². The summed E-state index contributed by atoms with van der Waals surface area (Å²) in [6.45, 7) is 0. The van der Waals surface area contributed by atoms with E-state index in [-0.39, 0.29) is 0 Å². The maximum atomic E-state index is 7.00. The number of benzene rings is 9. The summed E-state index contributed by atoms with van der Waals surface area (Å²) in [5, 5.41) is 12.6. The summed E-state index contributed by atoms with van der Waals surface area (Å²) in [6, 6.07) is 97.0. The van der Waals surface area contributed by atoms with Gasteiger partial charge in [-0.15, -0.1) is 0 Å². The maximum absolute atomic E-state index is 7.00. The summed E-state index contributed by atoms with van der Waals surface area (Å²) in [7, 11) is 3.19. The first-order valence-corrected chi connectivity index (χ1v) is 25.6. The first-order valence-electron chi connectivity index (χ1n) is 19.5. The molecule has 61 heavy (non-hydrogen) atoms. The summed E-state index contributed by atoms with van der Waals surface area (Å²) in [6.07, 6.45) is 0. The van der Waals surface area contributed by atoms with Gasteiger partial charge in [0.05, 0.1) is 0 Å². The fourth-order valence-electron chi connectivity index (χ4n) is 6.54. The second kappa shape index (κ2) is 27.6. The Hall–Kier alpha value is -5.22. The molecule has 0 atom stereocenters. The van der Waals surface area contributed by atoms with Crippen molar-refractivity contribution < 1.29 is 17.3 Å². The molecular formula is C54H45ClO2P3Rh. The van der Waals surface area contributed by atoms with Gasteiger partial charge >= 0.3 is 27.0 Å². The molecule has 0 fully saturated rings. The fourth-order valence-corrected chi connectivity index (χ4v) is 13.5. The zero-order chi connectivity index (χ0) is 42.7. The van der Waals surface area contributed by atoms with Gasteiger partial charge in [0.25, 0.3) is 0 Å². The molecule has 0 N–H and O–H groups in total. The Morgan fingerprint density at radius 3 is 0.361 bits per heavy atom. The molecule has 0 unspecified atom stereocenters. The van der Waals surface area contributed by atoms with E-state index in [4.69, 9.17) is 9.93 Å². The standard InChI is InChI=1S/3C18H15P.ClH.O2.Rh/c3*1-4-10-16(11-5-1)19(17-12-6-2-7-13-17)18-14-8-3-9-15-18;;1-2;/h3*1-15H;1H;;/q;;;;;+1/p-1. The second-order valence-corrected chi connectivity index (χ2v) is 19.7. The summed E-state index contributed by atoms with van der Waals surface area (Å²) in [5.74, 6) is 0. The quantitative estimate of drug-likeness (QED) is 0.107. The number of rotatable bonds is 9. The zero-order valence-corrected chi connectivity index (χ0v) is 38.4. The van der Waals surface area contributed by atoms with Crippen LogP contribution >= 0.6 is 33.5 Å². The second-order valence-electron chi connectivity index (χ2n) is 13.0. The number of hydrogen-bond acceptors (Lipinski definition) is 2. The third kappa shape index (κ3) is 14.4. The predicted molar refractivity (Wildman–Crippen MR) is 268 cm³/mol. The van der Waals surface area contributed by atoms with E-state index in [0.717, 1.165) is 0 Å². The molecule has 2 nitrogen and oxygen atoms in total. The Morgan fingerprint density at radius 1 is 0.197 bits per heavy atom. The van der Waals surface area contributed by atoms with E-state index in [0.29, 0.717) is 0 Å². The van der Waals surface area contributed by atoms with Crippen molar-refractivity contribution >= 4 is 81.2 Å². The Balaban J connectivity index is 0.000000166. The molecule has 0 saturated carbocycles. The van der Waals surface area contributed by atoms with Crippen molar-refractivity contribution in [2.45, 2.75) is 0 Å².